The summed E-state index contributed by atoms with van der Waals surface area (Å²) < 4.78 is 6.97. The maximum absolute atomic E-state index is 12.2. The zero-order chi connectivity index (χ0) is 16.4. The molecule has 0 saturated carbocycles. The number of aryl methyl sites for hydroxylation is 2. The van der Waals surface area contributed by atoms with Gasteiger partial charge < -0.3 is 4.74 Å². The Morgan fingerprint density at radius 3 is 3.00 bits per heavy atom. The van der Waals surface area contributed by atoms with Gasteiger partial charge in [-0.15, -0.1) is 0 Å². The molecule has 0 aliphatic rings. The first kappa shape index (κ1) is 14.7. The summed E-state index contributed by atoms with van der Waals surface area (Å²) in [6, 6.07) is 10.8. The Labute approximate surface area is 132 Å². The Balaban J connectivity index is 1.78. The second-order valence-electron chi connectivity index (χ2n) is 5.19. The van der Waals surface area contributed by atoms with Crippen molar-refractivity contribution in [2.45, 2.75) is 13.5 Å². The number of rotatable bonds is 3. The van der Waals surface area contributed by atoms with Crippen LogP contribution < -0.4 is 0 Å². The standard InChI is InChI=1S/C17H14N4O2/c1-11-15-7-14(9-19-16(15)21(2)20-11)17(22)23-10-13-5-3-4-12(6-13)8-18/h3-7,9H,10H2,1-2H3. The molecule has 114 valence electrons. The summed E-state index contributed by atoms with van der Waals surface area (Å²) in [5, 5.41) is 14.0. The highest BCUT2D eigenvalue weighted by molar-refractivity contribution is 5.93. The maximum Gasteiger partial charge on any atom is 0.340 e. The van der Waals surface area contributed by atoms with Crippen molar-refractivity contribution in [1.29, 1.82) is 5.26 Å². The third-order valence-corrected chi connectivity index (χ3v) is 3.52. The number of fused-ring (bicyclic) bond motifs is 1. The lowest BCUT2D eigenvalue weighted by atomic mass is 10.1. The molecule has 0 N–H and O–H groups in total. The lowest BCUT2D eigenvalue weighted by Crippen LogP contribution is -2.06. The van der Waals surface area contributed by atoms with Gasteiger partial charge in [0.05, 0.1) is 22.9 Å². The van der Waals surface area contributed by atoms with Crippen molar-refractivity contribution in [1.82, 2.24) is 14.8 Å². The largest absolute Gasteiger partial charge is 0.457 e. The highest BCUT2D eigenvalue weighted by atomic mass is 16.5. The van der Waals surface area contributed by atoms with Crippen molar-refractivity contribution in [3.63, 3.8) is 0 Å². The van der Waals surface area contributed by atoms with Crippen LogP contribution in [0, 0.1) is 18.3 Å². The topological polar surface area (TPSA) is 80.8 Å². The van der Waals surface area contributed by atoms with Crippen LogP contribution in [0.3, 0.4) is 0 Å². The molecule has 6 nitrogen and oxygen atoms in total. The number of esters is 1. The molecule has 0 unspecified atom stereocenters. The van der Waals surface area contributed by atoms with Gasteiger partial charge >= 0.3 is 5.97 Å². The number of nitriles is 1. The number of nitrogens with zero attached hydrogens (tertiary/aromatic N) is 4. The second-order valence-corrected chi connectivity index (χ2v) is 5.19. The van der Waals surface area contributed by atoms with Crippen molar-refractivity contribution >= 4 is 17.0 Å². The molecule has 0 amide bonds. The molecule has 3 aromatic rings. The molecule has 1 aromatic carbocycles. The molecule has 23 heavy (non-hydrogen) atoms. The number of aromatic nitrogens is 3. The summed E-state index contributed by atoms with van der Waals surface area (Å²) in [4.78, 5) is 16.4. The van der Waals surface area contributed by atoms with Crippen molar-refractivity contribution in [2.75, 3.05) is 0 Å². The Morgan fingerprint density at radius 1 is 1.39 bits per heavy atom. The lowest BCUT2D eigenvalue weighted by Gasteiger charge is -2.05. The number of pyridine rings is 1. The number of benzene rings is 1. The third-order valence-electron chi connectivity index (χ3n) is 3.52. The van der Waals surface area contributed by atoms with E-state index in [2.05, 4.69) is 16.2 Å². The van der Waals surface area contributed by atoms with Crippen molar-refractivity contribution in [3.05, 3.63) is 58.9 Å². The summed E-state index contributed by atoms with van der Waals surface area (Å²) >= 11 is 0. The monoisotopic (exact) mass is 306 g/mol. The molecule has 2 aromatic heterocycles. The average Bonchev–Trinajstić information content (AvgIpc) is 2.86. The van der Waals surface area contributed by atoms with E-state index < -0.39 is 5.97 Å². The van der Waals surface area contributed by atoms with Crippen molar-refractivity contribution in [2.24, 2.45) is 7.05 Å². The molecule has 0 fully saturated rings. The SMILES string of the molecule is Cc1nn(C)c2ncc(C(=O)OCc3cccc(C#N)c3)cc12. The summed E-state index contributed by atoms with van der Waals surface area (Å²) in [5.41, 5.74) is 3.22. The molecule has 0 aliphatic carbocycles. The van der Waals surface area contributed by atoms with Crippen LogP contribution in [0.25, 0.3) is 11.0 Å². The molecular weight excluding hydrogens is 292 g/mol. The number of hydrogen-bond acceptors (Lipinski definition) is 5. The zero-order valence-corrected chi connectivity index (χ0v) is 12.8. The first-order chi connectivity index (χ1) is 11.1. The van der Waals surface area contributed by atoms with Crippen LogP contribution in [0.1, 0.15) is 27.2 Å². The molecule has 0 saturated heterocycles. The van der Waals surface area contributed by atoms with Crippen LogP contribution in [0.15, 0.2) is 36.5 Å². The van der Waals surface area contributed by atoms with E-state index in [0.717, 1.165) is 22.3 Å². The van der Waals surface area contributed by atoms with E-state index in [1.54, 1.807) is 35.0 Å². The minimum Gasteiger partial charge on any atom is -0.457 e. The van der Waals surface area contributed by atoms with Crippen LogP contribution in [0.4, 0.5) is 0 Å². The lowest BCUT2D eigenvalue weighted by molar-refractivity contribution is 0.0472. The highest BCUT2D eigenvalue weighted by Gasteiger charge is 2.13. The van der Waals surface area contributed by atoms with E-state index in [1.807, 2.05) is 14.0 Å². The summed E-state index contributed by atoms with van der Waals surface area (Å²) in [6.07, 6.45) is 1.48. The molecule has 0 radical (unpaired) electrons. The molecule has 0 spiro atoms. The molecular formula is C17H14N4O2. The van der Waals surface area contributed by atoms with Gasteiger partial charge in [0.2, 0.25) is 0 Å². The molecule has 6 heteroatoms. The van der Waals surface area contributed by atoms with Gasteiger partial charge in [0, 0.05) is 18.6 Å². The number of hydrogen-bond donors (Lipinski definition) is 0. The van der Waals surface area contributed by atoms with Gasteiger partial charge in [-0.1, -0.05) is 12.1 Å². The first-order valence-electron chi connectivity index (χ1n) is 7.04. The summed E-state index contributed by atoms with van der Waals surface area (Å²) in [6.45, 7) is 1.98. The fourth-order valence-electron chi connectivity index (χ4n) is 2.38. The Morgan fingerprint density at radius 2 is 2.22 bits per heavy atom. The van der Waals surface area contributed by atoms with E-state index >= 15 is 0 Å². The van der Waals surface area contributed by atoms with Crippen LogP contribution >= 0.6 is 0 Å². The predicted octanol–water partition coefficient (Wildman–Crippen LogP) is 2.51. The predicted molar refractivity (Wildman–Crippen MR) is 83.5 cm³/mol. The first-order valence-corrected chi connectivity index (χ1v) is 7.04. The van der Waals surface area contributed by atoms with Gasteiger partial charge in [0.15, 0.2) is 5.65 Å². The Kier molecular flexibility index (Phi) is 3.77. The van der Waals surface area contributed by atoms with Crippen LogP contribution in [0.5, 0.6) is 0 Å². The summed E-state index contributed by atoms with van der Waals surface area (Å²) in [7, 11) is 1.81. The molecule has 2 heterocycles. The number of carbonyl (C=O) groups is 1. The van der Waals surface area contributed by atoms with Crippen LogP contribution in [0.2, 0.25) is 0 Å². The van der Waals surface area contributed by atoms with Crippen molar-refractivity contribution in [3.8, 4) is 6.07 Å². The quantitative estimate of drug-likeness (QED) is 0.694. The molecule has 3 rings (SSSR count). The van der Waals surface area contributed by atoms with E-state index in [1.165, 1.54) is 6.20 Å². The Hall–Kier alpha value is -3.20. The molecule has 0 aliphatic heterocycles. The van der Waals surface area contributed by atoms with Crippen molar-refractivity contribution < 1.29 is 9.53 Å². The second kappa shape index (κ2) is 5.89. The van der Waals surface area contributed by atoms with E-state index in [4.69, 9.17) is 10.00 Å². The van der Waals surface area contributed by atoms with E-state index in [9.17, 15) is 4.79 Å². The van der Waals surface area contributed by atoms with E-state index in [-0.39, 0.29) is 6.61 Å². The third kappa shape index (κ3) is 2.90. The number of carbonyl (C=O) groups excluding carboxylic acids is 1. The fourth-order valence-corrected chi connectivity index (χ4v) is 2.38. The normalized spacial score (nSPS) is 10.5. The van der Waals surface area contributed by atoms with Gasteiger partial charge in [0.1, 0.15) is 6.61 Å². The van der Waals surface area contributed by atoms with Gasteiger partial charge in [0.25, 0.3) is 0 Å². The molecule has 0 bridgehead atoms. The minimum atomic E-state index is -0.454. The van der Waals surface area contributed by atoms with Crippen LogP contribution in [-0.2, 0) is 18.4 Å². The van der Waals surface area contributed by atoms with Crippen LogP contribution in [-0.4, -0.2) is 20.7 Å². The number of ether oxygens (including phenoxy) is 1. The highest BCUT2D eigenvalue weighted by Crippen LogP contribution is 2.17. The summed E-state index contributed by atoms with van der Waals surface area (Å²) in [5.74, 6) is -0.454. The van der Waals surface area contributed by atoms with Gasteiger partial charge in [-0.05, 0) is 30.7 Å². The minimum absolute atomic E-state index is 0.110. The smallest absolute Gasteiger partial charge is 0.340 e. The zero-order valence-electron chi connectivity index (χ0n) is 12.8. The fraction of sp³-hybridized carbons (Fsp3) is 0.176. The average molecular weight is 306 g/mol. The Bertz CT molecular complexity index is 937. The molecule has 0 atom stereocenters. The van der Waals surface area contributed by atoms with Gasteiger partial charge in [-0.3, -0.25) is 4.68 Å². The van der Waals surface area contributed by atoms with E-state index in [0.29, 0.717) is 11.1 Å². The van der Waals surface area contributed by atoms with Gasteiger partial charge in [-0.25, -0.2) is 9.78 Å². The maximum atomic E-state index is 12.2. The van der Waals surface area contributed by atoms with Gasteiger partial charge in [-0.2, -0.15) is 10.4 Å².